The smallest absolute Gasteiger partial charge is 0.242 e. The molecule has 0 aliphatic carbocycles. The standard InChI is InChI=1S/C26H43N5O5S2/c1-2-3-13-26(30-31-26)14-11-24(34)29-22(25(35)28-16-18-36-19-17-32)9-6-7-15-27-23(33)10-5-4-8-21-12-20-37-38-21/h1,21-22,32H,3-20H2,(H,27,33)(H,28,35)(H,29,34)/t21?,22-/m0/s1. The number of aliphatic hydroxyl groups is 1. The Hall–Kier alpha value is -1.81. The SMILES string of the molecule is C#CCCC1(CCC(=O)N[C@@H](CCCCNC(=O)CCCCC2CCSS2)C(=O)NCCOCCO)N=N1. The Morgan fingerprint density at radius 1 is 1.05 bits per heavy atom. The molecule has 0 bridgehead atoms. The van der Waals surface area contributed by atoms with Crippen LogP contribution in [0.5, 0.6) is 0 Å². The molecule has 0 spiro atoms. The van der Waals surface area contributed by atoms with E-state index in [1.807, 2.05) is 21.6 Å². The third kappa shape index (κ3) is 14.4. The number of unbranched alkanes of at least 4 members (excludes halogenated alkanes) is 2. The largest absolute Gasteiger partial charge is 0.394 e. The summed E-state index contributed by atoms with van der Waals surface area (Å²) in [5, 5.41) is 26.2. The number of carbonyl (C=O) groups is 3. The summed E-state index contributed by atoms with van der Waals surface area (Å²) < 4.78 is 5.18. The molecule has 38 heavy (non-hydrogen) atoms. The topological polar surface area (TPSA) is 141 Å². The first-order valence-corrected chi connectivity index (χ1v) is 16.0. The summed E-state index contributed by atoms with van der Waals surface area (Å²) in [5.74, 6) is 3.36. The molecule has 2 aliphatic rings. The van der Waals surface area contributed by atoms with Crippen molar-refractivity contribution in [3.63, 3.8) is 0 Å². The zero-order valence-electron chi connectivity index (χ0n) is 22.3. The minimum absolute atomic E-state index is 0.0681. The highest BCUT2D eigenvalue weighted by molar-refractivity contribution is 8.77. The van der Waals surface area contributed by atoms with Crippen molar-refractivity contribution >= 4 is 39.3 Å². The monoisotopic (exact) mass is 569 g/mol. The zero-order chi connectivity index (χ0) is 27.5. The number of nitrogens with one attached hydrogen (secondary N) is 3. The van der Waals surface area contributed by atoms with Gasteiger partial charge in [0.05, 0.1) is 19.8 Å². The molecule has 2 heterocycles. The highest BCUT2D eigenvalue weighted by Crippen LogP contribution is 2.40. The lowest BCUT2D eigenvalue weighted by Gasteiger charge is -2.19. The summed E-state index contributed by atoms with van der Waals surface area (Å²) in [5.41, 5.74) is -0.543. The van der Waals surface area contributed by atoms with Gasteiger partial charge in [-0.3, -0.25) is 14.4 Å². The van der Waals surface area contributed by atoms with E-state index in [0.29, 0.717) is 51.5 Å². The van der Waals surface area contributed by atoms with Gasteiger partial charge in [-0.2, -0.15) is 10.2 Å². The number of nitrogens with zero attached hydrogens (tertiary/aromatic N) is 2. The number of rotatable bonds is 22. The molecule has 3 amide bonds. The van der Waals surface area contributed by atoms with Crippen LogP contribution in [0.2, 0.25) is 0 Å². The van der Waals surface area contributed by atoms with Crippen molar-refractivity contribution in [1.82, 2.24) is 16.0 Å². The second-order valence-electron chi connectivity index (χ2n) is 9.55. The van der Waals surface area contributed by atoms with Crippen LogP contribution < -0.4 is 16.0 Å². The lowest BCUT2D eigenvalue weighted by molar-refractivity contribution is -0.129. The summed E-state index contributed by atoms with van der Waals surface area (Å²) in [6, 6.07) is -0.683. The molecule has 1 saturated heterocycles. The maximum absolute atomic E-state index is 12.7. The Morgan fingerprint density at radius 2 is 1.89 bits per heavy atom. The third-order valence-electron chi connectivity index (χ3n) is 6.39. The second-order valence-corrected chi connectivity index (χ2v) is 12.3. The maximum Gasteiger partial charge on any atom is 0.242 e. The first-order valence-electron chi connectivity index (χ1n) is 13.7. The first kappa shape index (κ1) is 32.4. The van der Waals surface area contributed by atoms with Gasteiger partial charge in [-0.1, -0.05) is 28.0 Å². The van der Waals surface area contributed by atoms with E-state index < -0.39 is 11.7 Å². The first-order chi connectivity index (χ1) is 18.5. The Morgan fingerprint density at radius 3 is 2.61 bits per heavy atom. The van der Waals surface area contributed by atoms with Crippen molar-refractivity contribution < 1.29 is 24.2 Å². The molecular formula is C26H43N5O5S2. The van der Waals surface area contributed by atoms with E-state index in [2.05, 4.69) is 32.1 Å². The molecular weight excluding hydrogens is 526 g/mol. The van der Waals surface area contributed by atoms with Crippen molar-refractivity contribution in [2.24, 2.45) is 10.2 Å². The number of terminal acetylenes is 1. The summed E-state index contributed by atoms with van der Waals surface area (Å²) in [4.78, 5) is 37.4. The van der Waals surface area contributed by atoms with Crippen molar-refractivity contribution in [2.75, 3.05) is 38.7 Å². The van der Waals surface area contributed by atoms with Crippen LogP contribution >= 0.6 is 21.6 Å². The minimum atomic E-state index is -0.683. The molecule has 12 heteroatoms. The summed E-state index contributed by atoms with van der Waals surface area (Å²) in [6.07, 6.45) is 14.0. The number of hydrogen-bond acceptors (Lipinski definition) is 9. The number of carbonyl (C=O) groups excluding carboxylic acids is 3. The molecule has 2 atom stereocenters. The molecule has 2 rings (SSSR count). The summed E-state index contributed by atoms with van der Waals surface area (Å²) >= 11 is 0. The maximum atomic E-state index is 12.7. The van der Waals surface area contributed by atoms with Crippen LogP contribution in [-0.2, 0) is 19.1 Å². The molecule has 1 unspecified atom stereocenters. The predicted molar refractivity (Wildman–Crippen MR) is 152 cm³/mol. The Kier molecular flexibility index (Phi) is 16.4. The molecule has 0 aromatic rings. The van der Waals surface area contributed by atoms with Gasteiger partial charge in [0.2, 0.25) is 17.7 Å². The molecule has 10 nitrogen and oxygen atoms in total. The Bertz CT molecular complexity index is 795. The average molecular weight is 570 g/mol. The highest BCUT2D eigenvalue weighted by atomic mass is 33.1. The lowest BCUT2D eigenvalue weighted by Crippen LogP contribution is -2.47. The number of hydrogen-bond donors (Lipinski definition) is 4. The van der Waals surface area contributed by atoms with E-state index in [9.17, 15) is 14.4 Å². The summed E-state index contributed by atoms with van der Waals surface area (Å²) in [6.45, 7) is 1.23. The van der Waals surface area contributed by atoms with Crippen LogP contribution in [-0.4, -0.2) is 78.4 Å². The average Bonchev–Trinajstić information content (AvgIpc) is 3.49. The van der Waals surface area contributed by atoms with E-state index in [4.69, 9.17) is 16.3 Å². The lowest BCUT2D eigenvalue weighted by atomic mass is 10.0. The molecule has 0 saturated carbocycles. The Labute approximate surface area is 234 Å². The van der Waals surface area contributed by atoms with E-state index in [1.165, 1.54) is 18.6 Å². The van der Waals surface area contributed by atoms with Crippen molar-refractivity contribution in [3.05, 3.63) is 0 Å². The van der Waals surface area contributed by atoms with Gasteiger partial charge in [0.25, 0.3) is 0 Å². The van der Waals surface area contributed by atoms with Crippen LogP contribution in [0.15, 0.2) is 10.2 Å². The molecule has 1 fully saturated rings. The van der Waals surface area contributed by atoms with Crippen LogP contribution in [0, 0.1) is 12.3 Å². The molecule has 2 aliphatic heterocycles. The number of amides is 3. The fourth-order valence-corrected chi connectivity index (χ4v) is 7.09. The van der Waals surface area contributed by atoms with Gasteiger partial charge in [-0.15, -0.1) is 12.3 Å². The van der Waals surface area contributed by atoms with Gasteiger partial charge in [0, 0.05) is 56.2 Å². The zero-order valence-corrected chi connectivity index (χ0v) is 23.9. The van der Waals surface area contributed by atoms with Gasteiger partial charge < -0.3 is 25.8 Å². The van der Waals surface area contributed by atoms with E-state index >= 15 is 0 Å². The van der Waals surface area contributed by atoms with Crippen LogP contribution in [0.1, 0.15) is 77.0 Å². The fourth-order valence-electron chi connectivity index (χ4n) is 4.06. The van der Waals surface area contributed by atoms with E-state index in [-0.39, 0.29) is 50.5 Å². The van der Waals surface area contributed by atoms with E-state index in [0.717, 1.165) is 18.1 Å². The van der Waals surface area contributed by atoms with Crippen molar-refractivity contribution in [1.29, 1.82) is 0 Å². The van der Waals surface area contributed by atoms with Crippen LogP contribution in [0.25, 0.3) is 0 Å². The predicted octanol–water partition coefficient (Wildman–Crippen LogP) is 2.95. The van der Waals surface area contributed by atoms with Gasteiger partial charge >= 0.3 is 0 Å². The Balaban J connectivity index is 1.65. The van der Waals surface area contributed by atoms with Crippen molar-refractivity contribution in [3.8, 4) is 12.3 Å². The van der Waals surface area contributed by atoms with Crippen molar-refractivity contribution in [2.45, 2.75) is 94.0 Å². The molecule has 214 valence electrons. The quantitative estimate of drug-likeness (QED) is 0.0892. The molecule has 0 aromatic heterocycles. The van der Waals surface area contributed by atoms with Crippen LogP contribution in [0.3, 0.4) is 0 Å². The molecule has 0 radical (unpaired) electrons. The number of aliphatic hydroxyl groups excluding tert-OH is 1. The highest BCUT2D eigenvalue weighted by Gasteiger charge is 2.39. The van der Waals surface area contributed by atoms with Gasteiger partial charge in [0.1, 0.15) is 6.04 Å². The molecule has 4 N–H and O–H groups in total. The fraction of sp³-hybridized carbons (Fsp3) is 0.808. The summed E-state index contributed by atoms with van der Waals surface area (Å²) in [7, 11) is 3.92. The third-order valence-corrected chi connectivity index (χ3v) is 9.39. The minimum Gasteiger partial charge on any atom is -0.394 e. The normalized spacial score (nSPS) is 17.9. The number of ether oxygens (including phenoxy) is 1. The second kappa shape index (κ2) is 19.3. The van der Waals surface area contributed by atoms with Gasteiger partial charge in [0.15, 0.2) is 5.66 Å². The molecule has 0 aromatic carbocycles. The van der Waals surface area contributed by atoms with Gasteiger partial charge in [-0.25, -0.2) is 0 Å². The van der Waals surface area contributed by atoms with Gasteiger partial charge in [-0.05, 0) is 38.5 Å². The van der Waals surface area contributed by atoms with Crippen LogP contribution in [0.4, 0.5) is 0 Å². The van der Waals surface area contributed by atoms with E-state index in [1.54, 1.807) is 0 Å².